The zero-order valence-corrected chi connectivity index (χ0v) is 18.6. The summed E-state index contributed by atoms with van der Waals surface area (Å²) in [6.45, 7) is 4.91. The summed E-state index contributed by atoms with van der Waals surface area (Å²) in [4.78, 5) is 30.4. The molecule has 3 N–H and O–H groups in total. The van der Waals surface area contributed by atoms with Gasteiger partial charge < -0.3 is 11.1 Å². The summed E-state index contributed by atoms with van der Waals surface area (Å²) < 4.78 is 15.6. The van der Waals surface area contributed by atoms with Gasteiger partial charge in [-0.25, -0.2) is 19.3 Å². The minimum atomic E-state index is -0.662. The largest absolute Gasteiger partial charge is 0.382 e. The third kappa shape index (κ3) is 3.83. The van der Waals surface area contributed by atoms with Crippen molar-refractivity contribution in [2.24, 2.45) is 0 Å². The monoisotopic (exact) mass is 464 g/mol. The van der Waals surface area contributed by atoms with E-state index in [0.717, 1.165) is 6.20 Å². The molecule has 1 atom stereocenters. The second-order valence-corrected chi connectivity index (χ2v) is 7.77. The van der Waals surface area contributed by atoms with E-state index in [4.69, 9.17) is 17.3 Å². The summed E-state index contributed by atoms with van der Waals surface area (Å²) in [7, 11) is 0. The van der Waals surface area contributed by atoms with Crippen molar-refractivity contribution in [3.63, 3.8) is 0 Å². The van der Waals surface area contributed by atoms with Crippen molar-refractivity contribution < 1.29 is 4.39 Å². The zero-order chi connectivity index (χ0) is 23.9. The van der Waals surface area contributed by atoms with Gasteiger partial charge in [0, 0.05) is 5.56 Å². The summed E-state index contributed by atoms with van der Waals surface area (Å²) in [5.41, 5.74) is 6.26. The number of nitriles is 1. The van der Waals surface area contributed by atoms with E-state index in [9.17, 15) is 14.4 Å². The Morgan fingerprint density at radius 1 is 1.24 bits per heavy atom. The number of rotatable bonds is 4. The molecule has 4 rings (SSSR count). The third-order valence-corrected chi connectivity index (χ3v) is 5.46. The SMILES string of the molecule is Cc1nc(N)c(C#N)c(N[C@H](C)c2nc3cccc(Cl)c3c(=O)n2-c2cncc(F)c2C)n1. The van der Waals surface area contributed by atoms with Crippen molar-refractivity contribution in [3.8, 4) is 11.8 Å². The second kappa shape index (κ2) is 8.44. The van der Waals surface area contributed by atoms with E-state index in [1.807, 2.05) is 6.07 Å². The summed E-state index contributed by atoms with van der Waals surface area (Å²) in [5, 5.41) is 13.0. The molecule has 0 aliphatic carbocycles. The van der Waals surface area contributed by atoms with Gasteiger partial charge in [0.15, 0.2) is 5.82 Å². The minimum Gasteiger partial charge on any atom is -0.382 e. The number of aromatic nitrogens is 5. The van der Waals surface area contributed by atoms with Gasteiger partial charge in [-0.1, -0.05) is 17.7 Å². The Morgan fingerprint density at radius 2 is 2.00 bits per heavy atom. The molecule has 0 aliphatic heterocycles. The molecule has 0 aliphatic rings. The number of hydrogen-bond donors (Lipinski definition) is 2. The first-order valence-electron chi connectivity index (χ1n) is 9.85. The molecule has 0 bridgehead atoms. The normalized spacial score (nSPS) is 11.9. The molecule has 0 unspecified atom stereocenters. The van der Waals surface area contributed by atoms with E-state index in [1.165, 1.54) is 10.8 Å². The molecule has 3 heterocycles. The van der Waals surface area contributed by atoms with Gasteiger partial charge in [-0.15, -0.1) is 0 Å². The fourth-order valence-electron chi connectivity index (χ4n) is 3.52. The fraction of sp³-hybridized carbons (Fsp3) is 0.182. The molecule has 9 nitrogen and oxygen atoms in total. The summed E-state index contributed by atoms with van der Waals surface area (Å²) in [6, 6.07) is 6.24. The number of nitrogens with one attached hydrogen (secondary N) is 1. The minimum absolute atomic E-state index is 0.0283. The lowest BCUT2D eigenvalue weighted by Crippen LogP contribution is -2.28. The molecule has 0 fully saturated rings. The molecule has 0 amide bonds. The van der Waals surface area contributed by atoms with Gasteiger partial charge in [-0.2, -0.15) is 5.26 Å². The molecule has 11 heteroatoms. The van der Waals surface area contributed by atoms with Gasteiger partial charge in [0.1, 0.15) is 34.9 Å². The molecular weight excluding hydrogens is 447 g/mol. The van der Waals surface area contributed by atoms with Crippen molar-refractivity contribution in [3.05, 3.63) is 74.6 Å². The van der Waals surface area contributed by atoms with E-state index >= 15 is 0 Å². The van der Waals surface area contributed by atoms with Crippen molar-refractivity contribution >= 4 is 34.1 Å². The molecule has 0 saturated heterocycles. The fourth-order valence-corrected chi connectivity index (χ4v) is 3.77. The van der Waals surface area contributed by atoms with Crippen LogP contribution in [0.3, 0.4) is 0 Å². The highest BCUT2D eigenvalue weighted by molar-refractivity contribution is 6.35. The van der Waals surface area contributed by atoms with Crippen LogP contribution >= 0.6 is 11.6 Å². The second-order valence-electron chi connectivity index (χ2n) is 7.37. The van der Waals surface area contributed by atoms with Crippen LogP contribution in [-0.2, 0) is 0 Å². The number of benzene rings is 1. The predicted octanol–water partition coefficient (Wildman–Crippen LogP) is 3.61. The Morgan fingerprint density at radius 3 is 2.73 bits per heavy atom. The Labute approximate surface area is 192 Å². The van der Waals surface area contributed by atoms with Crippen LogP contribution in [0.1, 0.15) is 35.7 Å². The van der Waals surface area contributed by atoms with E-state index < -0.39 is 17.4 Å². The summed E-state index contributed by atoms with van der Waals surface area (Å²) in [5.74, 6) is 0.249. The average Bonchev–Trinajstić information content (AvgIpc) is 2.75. The molecule has 0 spiro atoms. The molecule has 33 heavy (non-hydrogen) atoms. The van der Waals surface area contributed by atoms with Gasteiger partial charge in [0.05, 0.1) is 40.0 Å². The van der Waals surface area contributed by atoms with E-state index in [2.05, 4.69) is 25.3 Å². The van der Waals surface area contributed by atoms with Gasteiger partial charge in [-0.05, 0) is 32.9 Å². The number of halogens is 2. The molecular formula is C22H18ClFN8O. The van der Waals surface area contributed by atoms with Crippen LogP contribution in [0.2, 0.25) is 5.02 Å². The highest BCUT2D eigenvalue weighted by atomic mass is 35.5. The van der Waals surface area contributed by atoms with Crippen molar-refractivity contribution in [1.29, 1.82) is 5.26 Å². The first-order chi connectivity index (χ1) is 15.7. The third-order valence-electron chi connectivity index (χ3n) is 5.14. The van der Waals surface area contributed by atoms with Gasteiger partial charge in [0.25, 0.3) is 5.56 Å². The highest BCUT2D eigenvalue weighted by Gasteiger charge is 2.23. The molecule has 0 radical (unpaired) electrons. The Bertz CT molecular complexity index is 1510. The standard InChI is InChI=1S/C22H18ClFN8O/c1-10-15(24)8-27-9-17(10)32-21(31-16-6-4-5-14(23)18(16)22(32)33)11(2)28-20-13(7-25)19(26)29-12(3)30-20/h4-6,8-9,11H,1-3H3,(H3,26,28,29,30)/t11-/m1/s1. The number of anilines is 2. The number of pyridine rings is 1. The van der Waals surface area contributed by atoms with Crippen LogP contribution in [0.15, 0.2) is 35.4 Å². The smallest absolute Gasteiger partial charge is 0.267 e. The predicted molar refractivity (Wildman–Crippen MR) is 123 cm³/mol. The summed E-state index contributed by atoms with van der Waals surface area (Å²) in [6.07, 6.45) is 2.45. The van der Waals surface area contributed by atoms with E-state index in [-0.39, 0.29) is 44.7 Å². The van der Waals surface area contributed by atoms with Crippen molar-refractivity contribution in [1.82, 2.24) is 24.5 Å². The van der Waals surface area contributed by atoms with Crippen LogP contribution in [-0.4, -0.2) is 24.5 Å². The number of nitrogens with zero attached hydrogens (tertiary/aromatic N) is 6. The first-order valence-corrected chi connectivity index (χ1v) is 10.2. The highest BCUT2D eigenvalue weighted by Crippen LogP contribution is 2.27. The Hall–Kier alpha value is -4.10. The maximum Gasteiger partial charge on any atom is 0.267 e. The van der Waals surface area contributed by atoms with Gasteiger partial charge >= 0.3 is 0 Å². The van der Waals surface area contributed by atoms with Gasteiger partial charge in [0.2, 0.25) is 0 Å². The molecule has 0 saturated carbocycles. The van der Waals surface area contributed by atoms with Crippen LogP contribution in [0, 0.1) is 31.0 Å². The van der Waals surface area contributed by atoms with Gasteiger partial charge in [-0.3, -0.25) is 14.3 Å². The van der Waals surface area contributed by atoms with Crippen LogP contribution in [0.4, 0.5) is 16.0 Å². The molecule has 3 aromatic heterocycles. The van der Waals surface area contributed by atoms with E-state index in [1.54, 1.807) is 39.0 Å². The van der Waals surface area contributed by atoms with E-state index in [0.29, 0.717) is 11.3 Å². The maximum absolute atomic E-state index is 14.4. The number of fused-ring (bicyclic) bond motifs is 1. The van der Waals surface area contributed by atoms with Crippen molar-refractivity contribution in [2.45, 2.75) is 26.8 Å². The average molecular weight is 465 g/mol. The maximum atomic E-state index is 14.4. The van der Waals surface area contributed by atoms with Crippen molar-refractivity contribution in [2.75, 3.05) is 11.1 Å². The van der Waals surface area contributed by atoms with Crippen LogP contribution in [0.5, 0.6) is 0 Å². The molecule has 1 aromatic carbocycles. The topological polar surface area (TPSA) is 135 Å². The number of nitrogen functional groups attached to an aromatic ring is 1. The molecule has 4 aromatic rings. The first kappa shape index (κ1) is 22.1. The number of nitrogens with two attached hydrogens (primary N) is 1. The number of aryl methyl sites for hydroxylation is 1. The zero-order valence-electron chi connectivity index (χ0n) is 17.9. The summed E-state index contributed by atoms with van der Waals surface area (Å²) >= 11 is 6.30. The number of hydrogen-bond acceptors (Lipinski definition) is 8. The Kier molecular flexibility index (Phi) is 5.66. The Balaban J connectivity index is 1.99. The van der Waals surface area contributed by atoms with Crippen LogP contribution < -0.4 is 16.6 Å². The van der Waals surface area contributed by atoms with Crippen LogP contribution in [0.25, 0.3) is 16.6 Å². The lowest BCUT2D eigenvalue weighted by atomic mass is 10.1. The lowest BCUT2D eigenvalue weighted by molar-refractivity contribution is 0.607. The quantitative estimate of drug-likeness (QED) is 0.467. The lowest BCUT2D eigenvalue weighted by Gasteiger charge is -2.21. The molecule has 166 valence electrons.